The van der Waals surface area contributed by atoms with Gasteiger partial charge in [-0.15, -0.1) is 0 Å². The van der Waals surface area contributed by atoms with Crippen LogP contribution in [0.15, 0.2) is 53.1 Å². The van der Waals surface area contributed by atoms with Crippen molar-refractivity contribution in [3.63, 3.8) is 0 Å². The number of rotatable bonds is 10. The number of nitrogens with zero attached hydrogens (tertiary/aromatic N) is 2. The summed E-state index contributed by atoms with van der Waals surface area (Å²) in [5, 5.41) is 6.62. The van der Waals surface area contributed by atoms with Crippen LogP contribution in [-0.4, -0.2) is 42.1 Å². The minimum Gasteiger partial charge on any atom is -0.497 e. The van der Waals surface area contributed by atoms with Gasteiger partial charge in [-0.3, -0.25) is 9.59 Å². The van der Waals surface area contributed by atoms with Gasteiger partial charge in [-0.2, -0.15) is 0 Å². The number of carbonyl (C=O) groups excluding carboxylic acids is 2. The monoisotopic (exact) mass is 469 g/mol. The van der Waals surface area contributed by atoms with Crippen molar-refractivity contribution in [2.75, 3.05) is 20.2 Å². The fraction of sp³-hybridized carbons (Fsp3) is 0.320. The quantitative estimate of drug-likeness (QED) is 0.486. The van der Waals surface area contributed by atoms with Crippen LogP contribution in [0.2, 0.25) is 0 Å². The summed E-state index contributed by atoms with van der Waals surface area (Å²) in [5.74, 6) is -1.07. The molecule has 0 atom stereocenters. The highest BCUT2D eigenvalue weighted by Crippen LogP contribution is 2.27. The van der Waals surface area contributed by atoms with Gasteiger partial charge in [0, 0.05) is 30.8 Å². The lowest BCUT2D eigenvalue weighted by Crippen LogP contribution is -2.32. The highest BCUT2D eigenvalue weighted by molar-refractivity contribution is 5.94. The normalized spacial score (nSPS) is 12.9. The molecule has 1 N–H and O–H groups in total. The number of benzene rings is 2. The maximum atomic E-state index is 13.7. The van der Waals surface area contributed by atoms with E-state index in [9.17, 15) is 18.4 Å². The Kier molecular flexibility index (Phi) is 7.20. The van der Waals surface area contributed by atoms with E-state index in [0.717, 1.165) is 30.5 Å². The van der Waals surface area contributed by atoms with Crippen molar-refractivity contribution in [2.24, 2.45) is 5.92 Å². The van der Waals surface area contributed by atoms with Crippen LogP contribution in [-0.2, 0) is 13.0 Å². The third-order valence-electron chi connectivity index (χ3n) is 5.61. The molecule has 1 heterocycles. The Hall–Kier alpha value is -3.75. The predicted octanol–water partition coefficient (Wildman–Crippen LogP) is 3.99. The second-order valence-corrected chi connectivity index (χ2v) is 8.31. The topological polar surface area (TPSA) is 84.7 Å². The van der Waals surface area contributed by atoms with E-state index in [1.54, 1.807) is 7.11 Å². The summed E-state index contributed by atoms with van der Waals surface area (Å²) < 4.78 is 37.9. The lowest BCUT2D eigenvalue weighted by molar-refractivity contribution is 0.0728. The third kappa shape index (κ3) is 6.18. The van der Waals surface area contributed by atoms with Gasteiger partial charge in [0.25, 0.3) is 11.8 Å². The van der Waals surface area contributed by atoms with Crippen molar-refractivity contribution in [1.82, 2.24) is 15.4 Å². The molecule has 0 saturated heterocycles. The van der Waals surface area contributed by atoms with E-state index in [1.807, 2.05) is 24.3 Å². The molecule has 9 heteroatoms. The van der Waals surface area contributed by atoms with Gasteiger partial charge in [-0.25, -0.2) is 8.78 Å². The molecular weight excluding hydrogens is 444 g/mol. The predicted molar refractivity (Wildman–Crippen MR) is 119 cm³/mol. The molecule has 1 saturated carbocycles. The summed E-state index contributed by atoms with van der Waals surface area (Å²) in [5.41, 5.74) is 0.950. The molecule has 34 heavy (non-hydrogen) atoms. The molecule has 4 rings (SSSR count). The first-order valence-corrected chi connectivity index (χ1v) is 11.0. The molecule has 2 aromatic carbocycles. The van der Waals surface area contributed by atoms with Gasteiger partial charge in [0.1, 0.15) is 17.4 Å². The van der Waals surface area contributed by atoms with Crippen molar-refractivity contribution >= 4 is 11.8 Å². The van der Waals surface area contributed by atoms with Crippen LogP contribution in [0, 0.1) is 17.6 Å². The zero-order valence-electron chi connectivity index (χ0n) is 18.7. The minimum atomic E-state index is -0.840. The highest BCUT2D eigenvalue weighted by Gasteiger charge is 2.24. The van der Waals surface area contributed by atoms with Crippen LogP contribution < -0.4 is 10.1 Å². The summed E-state index contributed by atoms with van der Waals surface area (Å²) in [7, 11) is 1.57. The zero-order chi connectivity index (χ0) is 24.1. The van der Waals surface area contributed by atoms with Gasteiger partial charge in [-0.1, -0.05) is 17.3 Å². The van der Waals surface area contributed by atoms with Crippen LogP contribution >= 0.6 is 0 Å². The Morgan fingerprint density at radius 3 is 2.47 bits per heavy atom. The van der Waals surface area contributed by atoms with Gasteiger partial charge in [0.15, 0.2) is 11.5 Å². The first-order chi connectivity index (χ1) is 16.4. The van der Waals surface area contributed by atoms with Crippen LogP contribution in [0.5, 0.6) is 5.75 Å². The number of methoxy groups -OCH3 is 1. The lowest BCUT2D eigenvalue weighted by Gasteiger charge is -2.22. The van der Waals surface area contributed by atoms with Gasteiger partial charge in [0.05, 0.1) is 13.7 Å². The van der Waals surface area contributed by atoms with E-state index in [1.165, 1.54) is 11.0 Å². The van der Waals surface area contributed by atoms with E-state index in [-0.39, 0.29) is 36.0 Å². The molecule has 1 fully saturated rings. The molecule has 3 aromatic rings. The summed E-state index contributed by atoms with van der Waals surface area (Å²) in [6.07, 6.45) is 2.70. The average molecular weight is 469 g/mol. The lowest BCUT2D eigenvalue weighted by atomic mass is 10.1. The molecule has 2 amide bonds. The van der Waals surface area contributed by atoms with Crippen LogP contribution in [0.1, 0.15) is 45.0 Å². The number of ether oxygens (including phenoxy) is 1. The summed E-state index contributed by atoms with van der Waals surface area (Å²) in [4.78, 5) is 26.8. The summed E-state index contributed by atoms with van der Waals surface area (Å²) in [6, 6.07) is 11.5. The largest absolute Gasteiger partial charge is 0.497 e. The SMILES string of the molecule is COc1ccc(CCN(Cc2cc(C(=O)NCC3CC3)no2)C(=O)c2cc(F)cc(F)c2)cc1. The van der Waals surface area contributed by atoms with Crippen molar-refractivity contribution in [3.8, 4) is 5.75 Å². The zero-order valence-corrected chi connectivity index (χ0v) is 18.7. The van der Waals surface area contributed by atoms with Crippen LogP contribution in [0.25, 0.3) is 0 Å². The maximum Gasteiger partial charge on any atom is 0.273 e. The first-order valence-electron chi connectivity index (χ1n) is 11.0. The molecular formula is C25H25F2N3O4. The summed E-state index contributed by atoms with van der Waals surface area (Å²) in [6.45, 7) is 0.821. The molecule has 0 unspecified atom stereocenters. The van der Waals surface area contributed by atoms with Crippen molar-refractivity contribution in [1.29, 1.82) is 0 Å². The average Bonchev–Trinajstić information content (AvgIpc) is 3.55. The number of aromatic nitrogens is 1. The Labute approximate surface area is 195 Å². The van der Waals surface area contributed by atoms with E-state index in [0.29, 0.717) is 30.7 Å². The van der Waals surface area contributed by atoms with Crippen molar-refractivity contribution < 1.29 is 27.6 Å². The molecule has 0 radical (unpaired) electrons. The Morgan fingerprint density at radius 2 is 1.82 bits per heavy atom. The molecule has 7 nitrogen and oxygen atoms in total. The molecule has 1 aromatic heterocycles. The number of amides is 2. The third-order valence-corrected chi connectivity index (χ3v) is 5.61. The highest BCUT2D eigenvalue weighted by atomic mass is 19.1. The summed E-state index contributed by atoms with van der Waals surface area (Å²) >= 11 is 0. The number of carbonyl (C=O) groups is 2. The van der Waals surface area contributed by atoms with Gasteiger partial charge in [0.2, 0.25) is 0 Å². The minimum absolute atomic E-state index is 0.0178. The van der Waals surface area contributed by atoms with E-state index < -0.39 is 17.5 Å². The molecule has 178 valence electrons. The molecule has 0 bridgehead atoms. The smallest absolute Gasteiger partial charge is 0.273 e. The van der Waals surface area contributed by atoms with Gasteiger partial charge in [-0.05, 0) is 55.0 Å². The second kappa shape index (κ2) is 10.5. The Bertz CT molecular complexity index is 1140. The Morgan fingerprint density at radius 1 is 1.12 bits per heavy atom. The van der Waals surface area contributed by atoms with E-state index in [2.05, 4.69) is 10.5 Å². The molecule has 1 aliphatic carbocycles. The second-order valence-electron chi connectivity index (χ2n) is 8.31. The van der Waals surface area contributed by atoms with Gasteiger partial charge >= 0.3 is 0 Å². The first kappa shape index (κ1) is 23.4. The van der Waals surface area contributed by atoms with Crippen molar-refractivity contribution in [3.05, 3.63) is 82.7 Å². The van der Waals surface area contributed by atoms with Crippen LogP contribution in [0.3, 0.4) is 0 Å². The van der Waals surface area contributed by atoms with Crippen LogP contribution in [0.4, 0.5) is 8.78 Å². The molecule has 0 aliphatic heterocycles. The molecule has 0 spiro atoms. The fourth-order valence-electron chi connectivity index (χ4n) is 3.50. The maximum absolute atomic E-state index is 13.7. The number of hydrogen-bond donors (Lipinski definition) is 1. The molecule has 1 aliphatic rings. The van der Waals surface area contributed by atoms with Crippen molar-refractivity contribution in [2.45, 2.75) is 25.8 Å². The standard InChI is InChI=1S/C25H25F2N3O4/c1-33-21-6-4-16(5-7-21)8-9-30(25(32)18-10-19(26)12-20(27)11-18)15-22-13-23(29-34-22)24(31)28-14-17-2-3-17/h4-7,10-13,17H,2-3,8-9,14-15H2,1H3,(H,28,31). The van der Waals surface area contributed by atoms with E-state index >= 15 is 0 Å². The van der Waals surface area contributed by atoms with Gasteiger partial charge < -0.3 is 19.5 Å². The Balaban J connectivity index is 1.49. The fourth-order valence-corrected chi connectivity index (χ4v) is 3.50. The number of hydrogen-bond acceptors (Lipinski definition) is 5. The number of nitrogens with one attached hydrogen (secondary N) is 1. The number of halogens is 2. The van der Waals surface area contributed by atoms with E-state index in [4.69, 9.17) is 9.26 Å².